The average molecular weight is 512 g/mol. The first-order valence-corrected chi connectivity index (χ1v) is 13.2. The molecule has 0 saturated carbocycles. The largest absolute Gasteiger partial charge is 0.508 e. The number of aryl methyl sites for hydroxylation is 1. The lowest BCUT2D eigenvalue weighted by Gasteiger charge is -2.28. The topological polar surface area (TPSA) is 56.6 Å². The Morgan fingerprint density at radius 3 is 2.24 bits per heavy atom. The molecule has 4 aromatic rings. The first kappa shape index (κ1) is 24.8. The highest BCUT2D eigenvalue weighted by molar-refractivity contribution is 7.80. The molecule has 2 aromatic heterocycles. The smallest absolute Gasteiger partial charge is 0.174 e. The third-order valence-electron chi connectivity index (χ3n) is 7.25. The molecule has 7 heteroatoms. The summed E-state index contributed by atoms with van der Waals surface area (Å²) in [6, 6.07) is 24.0. The Kier molecular flexibility index (Phi) is 6.89. The van der Waals surface area contributed by atoms with E-state index in [1.807, 2.05) is 36.5 Å². The molecule has 1 aliphatic heterocycles. The van der Waals surface area contributed by atoms with Crippen LogP contribution in [0.2, 0.25) is 0 Å². The van der Waals surface area contributed by atoms with E-state index < -0.39 is 0 Å². The van der Waals surface area contributed by atoms with Crippen LogP contribution in [0.3, 0.4) is 0 Å². The summed E-state index contributed by atoms with van der Waals surface area (Å²) in [5.41, 5.74) is 7.73. The summed E-state index contributed by atoms with van der Waals surface area (Å²) in [7, 11) is 0. The predicted octanol–water partition coefficient (Wildman–Crippen LogP) is 6.22. The number of aromatic nitrogens is 2. The van der Waals surface area contributed by atoms with Gasteiger partial charge in [0.15, 0.2) is 5.11 Å². The summed E-state index contributed by atoms with van der Waals surface area (Å²) in [6.07, 6.45) is 1.82. The Morgan fingerprint density at radius 2 is 1.62 bits per heavy atom. The molecule has 1 fully saturated rings. The van der Waals surface area contributed by atoms with Gasteiger partial charge in [0.05, 0.1) is 17.8 Å². The number of nitrogens with one attached hydrogen (secondary N) is 1. The van der Waals surface area contributed by atoms with Crippen molar-refractivity contribution in [3.8, 4) is 11.4 Å². The molecule has 5 rings (SSSR count). The van der Waals surface area contributed by atoms with Crippen LogP contribution in [0.25, 0.3) is 5.69 Å². The lowest BCUT2D eigenvalue weighted by atomic mass is 9.96. The Morgan fingerprint density at radius 1 is 0.946 bits per heavy atom. The molecule has 0 aliphatic carbocycles. The molecule has 0 radical (unpaired) electrons. The number of aromatic hydroxyl groups is 1. The number of benzene rings is 2. The van der Waals surface area contributed by atoms with Crippen molar-refractivity contribution in [1.29, 1.82) is 0 Å². The minimum Gasteiger partial charge on any atom is -0.508 e. The zero-order valence-electron chi connectivity index (χ0n) is 21.7. The van der Waals surface area contributed by atoms with Crippen LogP contribution >= 0.6 is 12.2 Å². The molecular formula is C30H33N5OS. The second-order valence-corrected chi connectivity index (χ2v) is 9.75. The second kappa shape index (κ2) is 10.3. The Bertz CT molecular complexity index is 1380. The summed E-state index contributed by atoms with van der Waals surface area (Å²) in [6.45, 7) is 10.7. The lowest BCUT2D eigenvalue weighted by Crippen LogP contribution is -2.29. The number of pyridine rings is 1. The molecule has 3 heterocycles. The van der Waals surface area contributed by atoms with Crippen LogP contribution in [-0.2, 0) is 0 Å². The standard InChI is InChI=1S/C30H33N5OS/c1-5-33(6-2)22-10-12-23(13-11-22)34-20(3)19-26(21(34)4)29-28(27-9-7-8-18-31-27)32-30(37)35(29)24-14-16-25(36)17-15-24/h7-19,28-29,36H,5-6H2,1-4H3,(H,32,37)/t28-,29+/m0/s1. The first-order valence-electron chi connectivity index (χ1n) is 12.8. The molecule has 1 aliphatic rings. The van der Waals surface area contributed by atoms with Crippen molar-refractivity contribution in [1.82, 2.24) is 14.9 Å². The maximum Gasteiger partial charge on any atom is 0.174 e. The highest BCUT2D eigenvalue weighted by Gasteiger charge is 2.42. The number of thiocarbonyl (C=S) groups is 1. The van der Waals surface area contributed by atoms with E-state index in [1.165, 1.54) is 11.3 Å². The van der Waals surface area contributed by atoms with Crippen LogP contribution in [0.15, 0.2) is 79.0 Å². The molecule has 6 nitrogen and oxygen atoms in total. The van der Waals surface area contributed by atoms with Crippen molar-refractivity contribution in [3.63, 3.8) is 0 Å². The van der Waals surface area contributed by atoms with Gasteiger partial charge in [0.2, 0.25) is 0 Å². The predicted molar refractivity (Wildman–Crippen MR) is 155 cm³/mol. The van der Waals surface area contributed by atoms with E-state index in [4.69, 9.17) is 12.2 Å². The molecule has 0 bridgehead atoms. The van der Waals surface area contributed by atoms with Gasteiger partial charge in [-0.25, -0.2) is 0 Å². The summed E-state index contributed by atoms with van der Waals surface area (Å²) in [5.74, 6) is 0.228. The average Bonchev–Trinajstić information content (AvgIpc) is 3.41. The number of hydrogen-bond donors (Lipinski definition) is 2. The van der Waals surface area contributed by atoms with E-state index in [-0.39, 0.29) is 17.8 Å². The Hall–Kier alpha value is -3.84. The van der Waals surface area contributed by atoms with Gasteiger partial charge >= 0.3 is 0 Å². The molecule has 0 amide bonds. The molecule has 190 valence electrons. The van der Waals surface area contributed by atoms with Crippen LogP contribution in [0.5, 0.6) is 5.75 Å². The van der Waals surface area contributed by atoms with Gasteiger partial charge in [0, 0.05) is 47.7 Å². The zero-order valence-corrected chi connectivity index (χ0v) is 22.5. The van der Waals surface area contributed by atoms with E-state index in [0.717, 1.165) is 41.5 Å². The number of phenolic OH excluding ortho intramolecular Hbond substituents is 1. The van der Waals surface area contributed by atoms with E-state index >= 15 is 0 Å². The maximum atomic E-state index is 9.89. The zero-order chi connectivity index (χ0) is 26.1. The van der Waals surface area contributed by atoms with Crippen molar-refractivity contribution in [3.05, 3.63) is 102 Å². The minimum atomic E-state index is -0.124. The van der Waals surface area contributed by atoms with Crippen LogP contribution in [0.4, 0.5) is 11.4 Å². The van der Waals surface area contributed by atoms with Gasteiger partial charge in [0.25, 0.3) is 0 Å². The van der Waals surface area contributed by atoms with Gasteiger partial charge in [-0.2, -0.15) is 0 Å². The van der Waals surface area contributed by atoms with E-state index in [1.54, 1.807) is 12.1 Å². The van der Waals surface area contributed by atoms with Gasteiger partial charge < -0.3 is 24.8 Å². The molecule has 1 saturated heterocycles. The van der Waals surface area contributed by atoms with Crippen LogP contribution < -0.4 is 15.1 Å². The molecule has 2 atom stereocenters. The molecular weight excluding hydrogens is 478 g/mol. The molecule has 2 N–H and O–H groups in total. The number of rotatable bonds is 7. The van der Waals surface area contributed by atoms with Gasteiger partial charge in [-0.1, -0.05) is 6.07 Å². The Balaban J connectivity index is 1.61. The monoisotopic (exact) mass is 511 g/mol. The highest BCUT2D eigenvalue weighted by Crippen LogP contribution is 2.44. The number of phenols is 1. The van der Waals surface area contributed by atoms with E-state index in [9.17, 15) is 5.11 Å². The van der Waals surface area contributed by atoms with Gasteiger partial charge in [-0.05, 0) is 112 Å². The normalized spacial score (nSPS) is 17.2. The van der Waals surface area contributed by atoms with Crippen molar-refractivity contribution < 1.29 is 5.11 Å². The fourth-order valence-corrected chi connectivity index (χ4v) is 5.79. The van der Waals surface area contributed by atoms with Crippen molar-refractivity contribution in [2.75, 3.05) is 22.9 Å². The first-order chi connectivity index (χ1) is 17.9. The lowest BCUT2D eigenvalue weighted by molar-refractivity contribution is 0.475. The summed E-state index contributed by atoms with van der Waals surface area (Å²) in [4.78, 5) is 9.16. The third-order valence-corrected chi connectivity index (χ3v) is 7.57. The minimum absolute atomic E-state index is 0.109. The summed E-state index contributed by atoms with van der Waals surface area (Å²) >= 11 is 5.86. The maximum absolute atomic E-state index is 9.89. The van der Waals surface area contributed by atoms with Crippen molar-refractivity contribution >= 4 is 28.7 Å². The fraction of sp³-hybridized carbons (Fsp3) is 0.267. The second-order valence-electron chi connectivity index (χ2n) is 9.36. The van der Waals surface area contributed by atoms with Gasteiger partial charge in [-0.3, -0.25) is 4.98 Å². The quantitative estimate of drug-likeness (QED) is 0.287. The molecule has 0 spiro atoms. The van der Waals surface area contributed by atoms with Crippen LogP contribution in [0, 0.1) is 13.8 Å². The molecule has 2 aromatic carbocycles. The third kappa shape index (κ3) is 4.55. The molecule has 37 heavy (non-hydrogen) atoms. The highest BCUT2D eigenvalue weighted by atomic mass is 32.1. The fourth-order valence-electron chi connectivity index (χ4n) is 5.45. The van der Waals surface area contributed by atoms with Gasteiger partial charge in [-0.15, -0.1) is 0 Å². The van der Waals surface area contributed by atoms with E-state index in [0.29, 0.717) is 5.11 Å². The van der Waals surface area contributed by atoms with Crippen molar-refractivity contribution in [2.24, 2.45) is 0 Å². The summed E-state index contributed by atoms with van der Waals surface area (Å²) in [5, 5.41) is 14.1. The van der Waals surface area contributed by atoms with Gasteiger partial charge in [0.1, 0.15) is 5.75 Å². The van der Waals surface area contributed by atoms with Crippen LogP contribution in [-0.4, -0.2) is 32.9 Å². The van der Waals surface area contributed by atoms with Crippen LogP contribution in [0.1, 0.15) is 48.6 Å². The Labute approximate surface area is 224 Å². The number of anilines is 2. The SMILES string of the molecule is CCN(CC)c1ccc(-n2c(C)cc([C@@H]3[C@H](c4ccccn4)NC(=S)N3c3ccc(O)cc3)c2C)cc1. The molecule has 0 unspecified atom stereocenters. The number of hydrogen-bond acceptors (Lipinski definition) is 4. The number of nitrogens with zero attached hydrogens (tertiary/aromatic N) is 4. The van der Waals surface area contributed by atoms with E-state index in [2.05, 4.69) is 82.7 Å². The summed E-state index contributed by atoms with van der Waals surface area (Å²) < 4.78 is 2.31. The van der Waals surface area contributed by atoms with Crippen molar-refractivity contribution in [2.45, 2.75) is 39.8 Å².